The van der Waals surface area contributed by atoms with Gasteiger partial charge in [0.25, 0.3) is 0 Å². The smallest absolute Gasteiger partial charge is 0.327 e. The van der Waals surface area contributed by atoms with E-state index in [-0.39, 0.29) is 4.90 Å². The number of aryl methyl sites for hydroxylation is 1. The van der Waals surface area contributed by atoms with E-state index >= 15 is 0 Å². The molecule has 4 rings (SSSR count). The van der Waals surface area contributed by atoms with Gasteiger partial charge in [-0.1, -0.05) is 49.6 Å². The van der Waals surface area contributed by atoms with Crippen molar-refractivity contribution in [3.05, 3.63) is 65.4 Å². The van der Waals surface area contributed by atoms with Gasteiger partial charge in [-0.15, -0.1) is 0 Å². The summed E-state index contributed by atoms with van der Waals surface area (Å²) in [4.78, 5) is 16.1. The highest BCUT2D eigenvalue weighted by molar-refractivity contribution is 7.93. The summed E-state index contributed by atoms with van der Waals surface area (Å²) >= 11 is 0. The molecule has 2 aromatic carbocycles. The largest absolute Gasteiger partial charge is 0.468 e. The third-order valence-corrected chi connectivity index (χ3v) is 8.87. The molecule has 1 saturated carbocycles. The normalized spacial score (nSPS) is 16.5. The molecule has 158 valence electrons. The first kappa shape index (κ1) is 20.7. The predicted octanol–water partition coefficient (Wildman–Crippen LogP) is 4.72. The summed E-state index contributed by atoms with van der Waals surface area (Å²) in [7, 11) is -2.57. The molecule has 1 aromatic heterocycles. The number of sulfone groups is 1. The molecule has 1 N–H and O–H groups in total. The number of nitrogens with one attached hydrogen (secondary N) is 1. The number of hydrogen-bond acceptors (Lipinski definition) is 4. The van der Waals surface area contributed by atoms with Crippen LogP contribution in [0.15, 0.2) is 53.4 Å². The average Bonchev–Trinajstić information content (AvgIpc) is 3.09. The van der Waals surface area contributed by atoms with E-state index in [1.54, 1.807) is 12.1 Å². The first-order chi connectivity index (χ1) is 14.4. The van der Waals surface area contributed by atoms with Gasteiger partial charge in [0.2, 0.25) is 0 Å². The number of esters is 1. The number of carbonyl (C=O) groups excluding carboxylic acids is 1. The number of para-hydroxylation sites is 1. The molecule has 6 heteroatoms. The molecule has 0 bridgehead atoms. The molecule has 1 fully saturated rings. The molecule has 3 aromatic rings. The van der Waals surface area contributed by atoms with Crippen LogP contribution < -0.4 is 0 Å². The van der Waals surface area contributed by atoms with Crippen molar-refractivity contribution in [2.75, 3.05) is 7.11 Å². The second kappa shape index (κ2) is 7.91. The highest BCUT2D eigenvalue weighted by Gasteiger charge is 2.52. The van der Waals surface area contributed by atoms with Crippen molar-refractivity contribution in [3.63, 3.8) is 0 Å². The lowest BCUT2D eigenvalue weighted by atomic mass is 9.88. The fraction of sp³-hybridized carbons (Fsp3) is 0.375. The second-order valence-corrected chi connectivity index (χ2v) is 10.4. The molecular weight excluding hydrogens is 398 g/mol. The van der Waals surface area contributed by atoms with Gasteiger partial charge in [0.05, 0.1) is 12.0 Å². The van der Waals surface area contributed by atoms with E-state index < -0.39 is 20.6 Å². The monoisotopic (exact) mass is 425 g/mol. The number of hydrogen-bond donors (Lipinski definition) is 1. The van der Waals surface area contributed by atoms with E-state index in [1.165, 1.54) is 18.1 Å². The molecule has 0 amide bonds. The summed E-state index contributed by atoms with van der Waals surface area (Å²) in [5, 5.41) is 1.18. The van der Waals surface area contributed by atoms with E-state index in [4.69, 9.17) is 4.74 Å². The molecular formula is C24H27NO4S. The SMILES string of the molecule is COC(=O)C1(S(=O)(=O)c2ccc(Cc3c(C)[nH]c4ccccc34)cc2)CCCCC1. The molecule has 0 saturated heterocycles. The quantitative estimate of drug-likeness (QED) is 0.600. The number of aromatic nitrogens is 1. The van der Waals surface area contributed by atoms with Crippen molar-refractivity contribution in [2.45, 2.75) is 55.1 Å². The highest BCUT2D eigenvalue weighted by Crippen LogP contribution is 2.40. The Labute approximate surface area is 177 Å². The van der Waals surface area contributed by atoms with Gasteiger partial charge in [0.1, 0.15) is 0 Å². The van der Waals surface area contributed by atoms with Crippen molar-refractivity contribution in [1.29, 1.82) is 0 Å². The number of rotatable bonds is 5. The Hall–Kier alpha value is -2.60. The molecule has 0 spiro atoms. The van der Waals surface area contributed by atoms with Crippen molar-refractivity contribution in [3.8, 4) is 0 Å². The standard InChI is InChI=1S/C24H27NO4S/c1-17-21(20-8-4-5-9-22(20)25-17)16-18-10-12-19(13-11-18)30(27,28)24(23(26)29-2)14-6-3-7-15-24/h4-5,8-13,25H,3,6-7,14-16H2,1-2H3. The number of fused-ring (bicyclic) bond motifs is 1. The maximum atomic E-state index is 13.5. The van der Waals surface area contributed by atoms with E-state index in [0.29, 0.717) is 32.1 Å². The average molecular weight is 426 g/mol. The van der Waals surface area contributed by atoms with Crippen LogP contribution in [0.3, 0.4) is 0 Å². The fourth-order valence-electron chi connectivity index (χ4n) is 4.67. The summed E-state index contributed by atoms with van der Waals surface area (Å²) in [6, 6.07) is 15.1. The molecule has 0 atom stereocenters. The van der Waals surface area contributed by atoms with E-state index in [1.807, 2.05) is 24.3 Å². The number of benzene rings is 2. The summed E-state index contributed by atoms with van der Waals surface area (Å²) in [6.45, 7) is 2.05. The van der Waals surface area contributed by atoms with Crippen LogP contribution in [0.1, 0.15) is 48.9 Å². The third-order valence-electron chi connectivity index (χ3n) is 6.37. The summed E-state index contributed by atoms with van der Waals surface area (Å²) in [5.74, 6) is -0.638. The number of aromatic amines is 1. The minimum absolute atomic E-state index is 0.189. The Morgan fingerprint density at radius 1 is 1.03 bits per heavy atom. The third kappa shape index (κ3) is 3.33. The van der Waals surface area contributed by atoms with Gasteiger partial charge >= 0.3 is 5.97 Å². The van der Waals surface area contributed by atoms with Crippen LogP contribution >= 0.6 is 0 Å². The Morgan fingerprint density at radius 3 is 2.37 bits per heavy atom. The lowest BCUT2D eigenvalue weighted by Crippen LogP contribution is -2.48. The predicted molar refractivity (Wildman–Crippen MR) is 117 cm³/mol. The number of H-pyrrole nitrogens is 1. The van der Waals surface area contributed by atoms with Gasteiger partial charge < -0.3 is 9.72 Å². The molecule has 1 aliphatic carbocycles. The van der Waals surface area contributed by atoms with Crippen molar-refractivity contribution < 1.29 is 17.9 Å². The zero-order valence-electron chi connectivity index (χ0n) is 17.4. The van der Waals surface area contributed by atoms with E-state index in [0.717, 1.165) is 23.2 Å². The Balaban J connectivity index is 1.65. The maximum absolute atomic E-state index is 13.5. The fourth-order valence-corrected chi connectivity index (χ4v) is 6.74. The summed E-state index contributed by atoms with van der Waals surface area (Å²) in [5.41, 5.74) is 4.44. The van der Waals surface area contributed by atoms with Crippen molar-refractivity contribution in [1.82, 2.24) is 4.98 Å². The topological polar surface area (TPSA) is 76.2 Å². The van der Waals surface area contributed by atoms with Gasteiger partial charge in [-0.25, -0.2) is 8.42 Å². The lowest BCUT2D eigenvalue weighted by molar-refractivity contribution is -0.144. The van der Waals surface area contributed by atoms with Crippen LogP contribution in [0, 0.1) is 6.92 Å². The maximum Gasteiger partial charge on any atom is 0.327 e. The number of carbonyl (C=O) groups is 1. The second-order valence-electron chi connectivity index (χ2n) is 8.14. The van der Waals surface area contributed by atoms with Crippen LogP contribution in [0.2, 0.25) is 0 Å². The molecule has 5 nitrogen and oxygen atoms in total. The van der Waals surface area contributed by atoms with Crippen LogP contribution in [-0.4, -0.2) is 31.2 Å². The first-order valence-corrected chi connectivity index (χ1v) is 11.9. The highest BCUT2D eigenvalue weighted by atomic mass is 32.2. The van der Waals surface area contributed by atoms with Gasteiger partial charge in [-0.2, -0.15) is 0 Å². The van der Waals surface area contributed by atoms with E-state index in [2.05, 4.69) is 24.0 Å². The Bertz CT molecular complexity index is 1170. The Kier molecular flexibility index (Phi) is 5.45. The molecule has 0 unspecified atom stereocenters. The molecule has 1 aliphatic rings. The van der Waals surface area contributed by atoms with Crippen LogP contribution in [0.5, 0.6) is 0 Å². The van der Waals surface area contributed by atoms with Crippen molar-refractivity contribution >= 4 is 26.7 Å². The van der Waals surface area contributed by atoms with Crippen LogP contribution in [-0.2, 0) is 25.8 Å². The first-order valence-electron chi connectivity index (χ1n) is 10.4. The minimum atomic E-state index is -3.84. The summed E-state index contributed by atoms with van der Waals surface area (Å²) < 4.78 is 30.4. The molecule has 0 radical (unpaired) electrons. The van der Waals surface area contributed by atoms with Gasteiger partial charge in [0, 0.05) is 16.6 Å². The van der Waals surface area contributed by atoms with E-state index in [9.17, 15) is 13.2 Å². The lowest BCUT2D eigenvalue weighted by Gasteiger charge is -2.33. The molecule has 0 aliphatic heterocycles. The van der Waals surface area contributed by atoms with Crippen LogP contribution in [0.25, 0.3) is 10.9 Å². The zero-order chi connectivity index (χ0) is 21.4. The van der Waals surface area contributed by atoms with Crippen LogP contribution in [0.4, 0.5) is 0 Å². The van der Waals surface area contributed by atoms with Gasteiger partial charge in [-0.3, -0.25) is 4.79 Å². The zero-order valence-corrected chi connectivity index (χ0v) is 18.2. The van der Waals surface area contributed by atoms with Gasteiger partial charge in [0.15, 0.2) is 14.6 Å². The Morgan fingerprint density at radius 2 is 1.70 bits per heavy atom. The van der Waals surface area contributed by atoms with Gasteiger partial charge in [-0.05, 0) is 55.5 Å². The number of ether oxygens (including phenoxy) is 1. The summed E-state index contributed by atoms with van der Waals surface area (Å²) in [6.07, 6.45) is 3.71. The molecule has 30 heavy (non-hydrogen) atoms. The molecule has 1 heterocycles. The number of methoxy groups -OCH3 is 1. The van der Waals surface area contributed by atoms with Crippen molar-refractivity contribution in [2.24, 2.45) is 0 Å². The minimum Gasteiger partial charge on any atom is -0.468 e.